The van der Waals surface area contributed by atoms with Crippen molar-refractivity contribution in [3.63, 3.8) is 0 Å². The third-order valence-electron chi connectivity index (χ3n) is 3.42. The summed E-state index contributed by atoms with van der Waals surface area (Å²) in [6.07, 6.45) is 2.27. The Bertz CT molecular complexity index is 430. The second-order valence-corrected chi connectivity index (χ2v) is 5.56. The van der Waals surface area contributed by atoms with Crippen LogP contribution in [0, 0.1) is 0 Å². The van der Waals surface area contributed by atoms with Crippen LogP contribution in [0.15, 0.2) is 24.3 Å². The number of amides is 1. The van der Waals surface area contributed by atoms with E-state index >= 15 is 0 Å². The van der Waals surface area contributed by atoms with E-state index in [9.17, 15) is 4.79 Å². The maximum atomic E-state index is 12.0. The molecule has 1 fully saturated rings. The van der Waals surface area contributed by atoms with Gasteiger partial charge in [-0.3, -0.25) is 9.69 Å². The third kappa shape index (κ3) is 4.69. The van der Waals surface area contributed by atoms with Gasteiger partial charge in [0.2, 0.25) is 5.91 Å². The van der Waals surface area contributed by atoms with Gasteiger partial charge in [0.05, 0.1) is 6.54 Å². The molecule has 1 aliphatic heterocycles. The molecule has 0 atom stereocenters. The van der Waals surface area contributed by atoms with Gasteiger partial charge in [0, 0.05) is 24.7 Å². The molecule has 1 amide bonds. The van der Waals surface area contributed by atoms with E-state index in [-0.39, 0.29) is 5.91 Å². The number of halogens is 1. The number of ether oxygens (including phenoxy) is 1. The minimum absolute atomic E-state index is 0.219. The van der Waals surface area contributed by atoms with Crippen molar-refractivity contribution in [1.29, 1.82) is 0 Å². The highest BCUT2D eigenvalue weighted by atomic mass is 35.5. The Balaban J connectivity index is 1.65. The number of carbonyl (C=O) groups excluding carboxylic acids is 1. The first-order chi connectivity index (χ1) is 9.65. The number of benzene rings is 1. The Kier molecular flexibility index (Phi) is 5.68. The van der Waals surface area contributed by atoms with Crippen LogP contribution in [0.2, 0.25) is 5.02 Å². The molecule has 4 nitrogen and oxygen atoms in total. The normalized spacial score (nSPS) is 14.8. The molecule has 0 aromatic heterocycles. The molecule has 1 aromatic carbocycles. The molecular formula is C15H21ClN2O2. The van der Waals surface area contributed by atoms with E-state index in [2.05, 4.69) is 0 Å². The van der Waals surface area contributed by atoms with Gasteiger partial charge in [0.15, 0.2) is 0 Å². The number of rotatable bonds is 6. The van der Waals surface area contributed by atoms with E-state index in [4.69, 9.17) is 16.3 Å². The van der Waals surface area contributed by atoms with Crippen molar-refractivity contribution in [1.82, 2.24) is 9.80 Å². The molecule has 1 aliphatic rings. The number of likely N-dealkylation sites (tertiary alicyclic amines) is 1. The summed E-state index contributed by atoms with van der Waals surface area (Å²) in [4.78, 5) is 15.9. The molecule has 0 N–H and O–H groups in total. The summed E-state index contributed by atoms with van der Waals surface area (Å²) < 4.78 is 5.61. The molecule has 1 heterocycles. The van der Waals surface area contributed by atoms with Gasteiger partial charge in [0.25, 0.3) is 0 Å². The molecule has 0 saturated carbocycles. The fraction of sp³-hybridized carbons (Fsp3) is 0.533. The zero-order valence-corrected chi connectivity index (χ0v) is 12.6. The molecule has 0 spiro atoms. The summed E-state index contributed by atoms with van der Waals surface area (Å²) in [6, 6.07) is 7.30. The minimum atomic E-state index is 0.219. The summed E-state index contributed by atoms with van der Waals surface area (Å²) in [7, 11) is 1.94. The Morgan fingerprint density at radius 3 is 2.60 bits per heavy atom. The standard InChI is InChI=1S/C15H21ClN2O2/c1-17(12-15(19)18-8-2-3-9-18)10-11-20-14-6-4-13(16)5-7-14/h4-7H,2-3,8-12H2,1H3. The van der Waals surface area contributed by atoms with Crippen molar-refractivity contribution in [2.45, 2.75) is 12.8 Å². The average Bonchev–Trinajstić information content (AvgIpc) is 2.95. The lowest BCUT2D eigenvalue weighted by molar-refractivity contribution is -0.131. The molecule has 110 valence electrons. The average molecular weight is 297 g/mol. The number of likely N-dealkylation sites (N-methyl/N-ethyl adjacent to an activating group) is 1. The first kappa shape index (κ1) is 15.1. The van der Waals surface area contributed by atoms with Gasteiger partial charge in [-0.05, 0) is 44.2 Å². The van der Waals surface area contributed by atoms with Crippen LogP contribution in [0.5, 0.6) is 5.75 Å². The van der Waals surface area contributed by atoms with Crippen LogP contribution >= 0.6 is 11.6 Å². The zero-order valence-electron chi connectivity index (χ0n) is 11.8. The molecule has 20 heavy (non-hydrogen) atoms. The molecule has 0 radical (unpaired) electrons. The first-order valence-electron chi connectivity index (χ1n) is 7.00. The maximum absolute atomic E-state index is 12.0. The van der Waals surface area contributed by atoms with E-state index in [0.29, 0.717) is 18.2 Å². The van der Waals surface area contributed by atoms with E-state index in [1.54, 1.807) is 12.1 Å². The number of nitrogens with zero attached hydrogens (tertiary/aromatic N) is 2. The SMILES string of the molecule is CN(CCOc1ccc(Cl)cc1)CC(=O)N1CCCC1. The Hall–Kier alpha value is -1.26. The van der Waals surface area contributed by atoms with Crippen LogP contribution in [0.4, 0.5) is 0 Å². The summed E-state index contributed by atoms with van der Waals surface area (Å²) >= 11 is 5.81. The van der Waals surface area contributed by atoms with Crippen LogP contribution in [-0.2, 0) is 4.79 Å². The lowest BCUT2D eigenvalue weighted by Gasteiger charge is -2.21. The fourth-order valence-electron chi connectivity index (χ4n) is 2.23. The third-order valence-corrected chi connectivity index (χ3v) is 3.67. The van der Waals surface area contributed by atoms with Gasteiger partial charge in [-0.25, -0.2) is 0 Å². The van der Waals surface area contributed by atoms with Crippen LogP contribution < -0.4 is 4.74 Å². The molecule has 5 heteroatoms. The smallest absolute Gasteiger partial charge is 0.236 e. The second kappa shape index (κ2) is 7.50. The molecule has 1 aromatic rings. The van der Waals surface area contributed by atoms with Gasteiger partial charge in [-0.15, -0.1) is 0 Å². The highest BCUT2D eigenvalue weighted by Gasteiger charge is 2.18. The first-order valence-corrected chi connectivity index (χ1v) is 7.37. The van der Waals surface area contributed by atoms with Crippen LogP contribution in [-0.4, -0.2) is 55.5 Å². The Labute approximate surface area is 125 Å². The van der Waals surface area contributed by atoms with Crippen molar-refractivity contribution in [2.75, 3.05) is 39.8 Å². The van der Waals surface area contributed by atoms with E-state index in [1.807, 2.05) is 29.0 Å². The number of carbonyl (C=O) groups is 1. The molecule has 1 saturated heterocycles. The molecule has 0 bridgehead atoms. The Morgan fingerprint density at radius 2 is 1.95 bits per heavy atom. The molecular weight excluding hydrogens is 276 g/mol. The summed E-state index contributed by atoms with van der Waals surface area (Å²) in [5.41, 5.74) is 0. The van der Waals surface area contributed by atoms with Gasteiger partial charge in [-0.2, -0.15) is 0 Å². The predicted octanol–water partition coefficient (Wildman–Crippen LogP) is 2.27. The lowest BCUT2D eigenvalue weighted by atomic mass is 10.3. The Morgan fingerprint density at radius 1 is 1.30 bits per heavy atom. The highest BCUT2D eigenvalue weighted by molar-refractivity contribution is 6.30. The number of hydrogen-bond acceptors (Lipinski definition) is 3. The summed E-state index contributed by atoms with van der Waals surface area (Å²) in [5, 5.41) is 0.700. The summed E-state index contributed by atoms with van der Waals surface area (Å²) in [5.74, 6) is 1.02. The lowest BCUT2D eigenvalue weighted by Crippen LogP contribution is -2.38. The molecule has 0 aliphatic carbocycles. The quantitative estimate of drug-likeness (QED) is 0.807. The summed E-state index contributed by atoms with van der Waals surface area (Å²) in [6.45, 7) is 3.57. The van der Waals surface area contributed by atoms with Gasteiger partial charge >= 0.3 is 0 Å². The monoisotopic (exact) mass is 296 g/mol. The van der Waals surface area contributed by atoms with Crippen LogP contribution in [0.1, 0.15) is 12.8 Å². The van der Waals surface area contributed by atoms with Crippen LogP contribution in [0.3, 0.4) is 0 Å². The van der Waals surface area contributed by atoms with E-state index < -0.39 is 0 Å². The van der Waals surface area contributed by atoms with Gasteiger partial charge in [0.1, 0.15) is 12.4 Å². The fourth-order valence-corrected chi connectivity index (χ4v) is 2.35. The number of hydrogen-bond donors (Lipinski definition) is 0. The topological polar surface area (TPSA) is 32.8 Å². The largest absolute Gasteiger partial charge is 0.492 e. The van der Waals surface area contributed by atoms with Crippen molar-refractivity contribution >= 4 is 17.5 Å². The second-order valence-electron chi connectivity index (χ2n) is 5.13. The molecule has 2 rings (SSSR count). The maximum Gasteiger partial charge on any atom is 0.236 e. The van der Waals surface area contributed by atoms with E-state index in [0.717, 1.165) is 38.2 Å². The van der Waals surface area contributed by atoms with E-state index in [1.165, 1.54) is 0 Å². The zero-order chi connectivity index (χ0) is 14.4. The molecule has 0 unspecified atom stereocenters. The van der Waals surface area contributed by atoms with Crippen molar-refractivity contribution in [3.05, 3.63) is 29.3 Å². The predicted molar refractivity (Wildman–Crippen MR) is 80.3 cm³/mol. The van der Waals surface area contributed by atoms with Gasteiger partial charge in [-0.1, -0.05) is 11.6 Å². The minimum Gasteiger partial charge on any atom is -0.492 e. The van der Waals surface area contributed by atoms with Crippen LogP contribution in [0.25, 0.3) is 0 Å². The highest BCUT2D eigenvalue weighted by Crippen LogP contribution is 2.15. The van der Waals surface area contributed by atoms with Crippen molar-refractivity contribution in [2.24, 2.45) is 0 Å². The van der Waals surface area contributed by atoms with Crippen molar-refractivity contribution < 1.29 is 9.53 Å². The van der Waals surface area contributed by atoms with Crippen molar-refractivity contribution in [3.8, 4) is 5.75 Å². The van der Waals surface area contributed by atoms with Gasteiger partial charge < -0.3 is 9.64 Å².